The lowest BCUT2D eigenvalue weighted by atomic mass is 9.94. The minimum absolute atomic E-state index is 0.00960. The molecule has 0 aliphatic carbocycles. The summed E-state index contributed by atoms with van der Waals surface area (Å²) in [6.07, 6.45) is 1.58. The Hall–Kier alpha value is -3.35. The van der Waals surface area contributed by atoms with Crippen LogP contribution < -0.4 is 11.3 Å². The lowest BCUT2D eigenvalue weighted by molar-refractivity contribution is 1.21. The number of pyridine rings is 2. The minimum Gasteiger partial charge on any atom is -0.384 e. The first-order valence-electron chi connectivity index (χ1n) is 6.47. The Morgan fingerprint density at radius 1 is 1.22 bits per heavy atom. The number of aromatic amines is 1. The monoisotopic (exact) mass is 321 g/mol. The number of halogens is 1. The summed E-state index contributed by atoms with van der Waals surface area (Å²) in [5.41, 5.74) is 5.96. The molecular formula is C16H8ClN5O. The van der Waals surface area contributed by atoms with Crippen molar-refractivity contribution in [2.75, 3.05) is 5.73 Å². The van der Waals surface area contributed by atoms with E-state index in [2.05, 4.69) is 9.97 Å². The number of H-pyrrole nitrogens is 1. The number of rotatable bonds is 1. The van der Waals surface area contributed by atoms with Gasteiger partial charge < -0.3 is 10.7 Å². The number of nitrogens with one attached hydrogen (secondary N) is 1. The van der Waals surface area contributed by atoms with Gasteiger partial charge in [-0.15, -0.1) is 0 Å². The quantitative estimate of drug-likeness (QED) is 0.713. The number of hydrogen-bond acceptors (Lipinski definition) is 5. The maximum atomic E-state index is 12.0. The van der Waals surface area contributed by atoms with Gasteiger partial charge in [0.25, 0.3) is 5.56 Å². The molecule has 0 unspecified atom stereocenters. The van der Waals surface area contributed by atoms with Crippen molar-refractivity contribution in [2.45, 2.75) is 0 Å². The van der Waals surface area contributed by atoms with Crippen LogP contribution >= 0.6 is 11.6 Å². The van der Waals surface area contributed by atoms with Gasteiger partial charge in [0.2, 0.25) is 0 Å². The molecule has 1 aromatic carbocycles. The summed E-state index contributed by atoms with van der Waals surface area (Å²) in [7, 11) is 0. The van der Waals surface area contributed by atoms with Crippen LogP contribution in [0.4, 0.5) is 5.82 Å². The Bertz CT molecular complexity index is 1090. The van der Waals surface area contributed by atoms with Gasteiger partial charge in [-0.3, -0.25) is 9.78 Å². The van der Waals surface area contributed by atoms with Gasteiger partial charge in [0, 0.05) is 27.7 Å². The predicted molar refractivity (Wildman–Crippen MR) is 86.7 cm³/mol. The van der Waals surface area contributed by atoms with Crippen LogP contribution in [0.1, 0.15) is 11.1 Å². The Kier molecular flexibility index (Phi) is 3.46. The summed E-state index contributed by atoms with van der Waals surface area (Å²) >= 11 is 6.13. The first-order valence-corrected chi connectivity index (χ1v) is 6.85. The normalized spacial score (nSPS) is 10.2. The fourth-order valence-corrected chi connectivity index (χ4v) is 2.69. The second-order valence-corrected chi connectivity index (χ2v) is 5.18. The van der Waals surface area contributed by atoms with Crippen molar-refractivity contribution >= 4 is 28.3 Å². The number of hydrogen-bond donors (Lipinski definition) is 2. The molecule has 0 atom stereocenters. The summed E-state index contributed by atoms with van der Waals surface area (Å²) < 4.78 is 0. The highest BCUT2D eigenvalue weighted by Crippen LogP contribution is 2.34. The maximum absolute atomic E-state index is 12.0. The van der Waals surface area contributed by atoms with Crippen LogP contribution in [-0.4, -0.2) is 9.97 Å². The summed E-state index contributed by atoms with van der Waals surface area (Å²) in [5, 5.41) is 19.9. The molecular weight excluding hydrogens is 314 g/mol. The number of benzene rings is 1. The van der Waals surface area contributed by atoms with E-state index >= 15 is 0 Å². The fraction of sp³-hybridized carbons (Fsp3) is 0. The number of anilines is 1. The Balaban J connectivity index is 2.58. The van der Waals surface area contributed by atoms with Crippen molar-refractivity contribution in [3.8, 4) is 23.3 Å². The average Bonchev–Trinajstić information content (AvgIpc) is 2.53. The van der Waals surface area contributed by atoms with E-state index in [9.17, 15) is 15.3 Å². The fourth-order valence-electron chi connectivity index (χ4n) is 2.46. The largest absolute Gasteiger partial charge is 0.384 e. The first-order chi connectivity index (χ1) is 11.1. The Morgan fingerprint density at radius 2 is 1.96 bits per heavy atom. The zero-order valence-electron chi connectivity index (χ0n) is 11.6. The minimum atomic E-state index is -0.664. The smallest absolute Gasteiger partial charge is 0.268 e. The molecule has 23 heavy (non-hydrogen) atoms. The highest BCUT2D eigenvalue weighted by atomic mass is 35.5. The van der Waals surface area contributed by atoms with E-state index in [1.54, 1.807) is 30.5 Å². The molecule has 0 spiro atoms. The molecule has 0 amide bonds. The summed E-state index contributed by atoms with van der Waals surface area (Å²) in [6, 6.07) is 10.6. The second kappa shape index (κ2) is 5.45. The number of aromatic nitrogens is 2. The lowest BCUT2D eigenvalue weighted by Gasteiger charge is -2.11. The van der Waals surface area contributed by atoms with Crippen LogP contribution in [0.3, 0.4) is 0 Å². The maximum Gasteiger partial charge on any atom is 0.268 e. The zero-order valence-corrected chi connectivity index (χ0v) is 12.3. The molecule has 0 saturated carbocycles. The molecule has 0 saturated heterocycles. The molecule has 3 N–H and O–H groups in total. The summed E-state index contributed by atoms with van der Waals surface area (Å²) in [5.74, 6) is -0.101. The van der Waals surface area contributed by atoms with E-state index in [0.29, 0.717) is 16.1 Å². The third-order valence-electron chi connectivity index (χ3n) is 3.41. The number of nitrogens with zero attached hydrogens (tertiary/aromatic N) is 3. The SMILES string of the molecule is N#Cc1c(N)[nH]c(=O)c(C#N)c1-c1cc(Cl)cc2cccnc12. The van der Waals surface area contributed by atoms with Crippen molar-refractivity contribution in [2.24, 2.45) is 0 Å². The van der Waals surface area contributed by atoms with Gasteiger partial charge in [-0.05, 0) is 18.2 Å². The van der Waals surface area contributed by atoms with E-state index in [4.69, 9.17) is 17.3 Å². The molecule has 3 rings (SSSR count). The van der Waals surface area contributed by atoms with Crippen LogP contribution in [0.25, 0.3) is 22.0 Å². The predicted octanol–water partition coefficient (Wildman–Crippen LogP) is 2.57. The van der Waals surface area contributed by atoms with E-state index in [1.807, 2.05) is 12.1 Å². The molecule has 7 heteroatoms. The summed E-state index contributed by atoms with van der Waals surface area (Å²) in [4.78, 5) is 18.6. The van der Waals surface area contributed by atoms with E-state index in [0.717, 1.165) is 5.39 Å². The zero-order chi connectivity index (χ0) is 16.6. The van der Waals surface area contributed by atoms with E-state index in [-0.39, 0.29) is 22.5 Å². The van der Waals surface area contributed by atoms with Crippen molar-refractivity contribution in [1.82, 2.24) is 9.97 Å². The van der Waals surface area contributed by atoms with Gasteiger partial charge in [-0.25, -0.2) is 0 Å². The number of fused-ring (bicyclic) bond motifs is 1. The molecule has 0 aliphatic heterocycles. The third-order valence-corrected chi connectivity index (χ3v) is 3.63. The van der Waals surface area contributed by atoms with Gasteiger partial charge in [-0.1, -0.05) is 17.7 Å². The molecule has 6 nitrogen and oxygen atoms in total. The molecule has 0 fully saturated rings. The summed E-state index contributed by atoms with van der Waals surface area (Å²) in [6.45, 7) is 0. The Labute approximate surface area is 135 Å². The molecule has 2 heterocycles. The number of nitrogen functional groups attached to an aromatic ring is 1. The standard InChI is InChI=1S/C16H8ClN5O/c17-9-4-8-2-1-3-21-14(8)10(5-9)13-11(6-18)15(20)22-16(23)12(13)7-19/h1-5H,(H3,20,22,23). The third kappa shape index (κ3) is 2.28. The van der Waals surface area contributed by atoms with Crippen molar-refractivity contribution in [3.63, 3.8) is 0 Å². The van der Waals surface area contributed by atoms with Crippen molar-refractivity contribution < 1.29 is 0 Å². The topological polar surface area (TPSA) is 119 Å². The molecule has 2 aromatic heterocycles. The van der Waals surface area contributed by atoms with Crippen LogP contribution in [0, 0.1) is 22.7 Å². The van der Waals surface area contributed by atoms with Crippen LogP contribution in [0.2, 0.25) is 5.02 Å². The molecule has 110 valence electrons. The van der Waals surface area contributed by atoms with Gasteiger partial charge >= 0.3 is 0 Å². The van der Waals surface area contributed by atoms with Gasteiger partial charge in [0.15, 0.2) is 0 Å². The van der Waals surface area contributed by atoms with Gasteiger partial charge in [-0.2, -0.15) is 10.5 Å². The molecule has 0 radical (unpaired) electrons. The van der Waals surface area contributed by atoms with Crippen LogP contribution in [0.15, 0.2) is 35.3 Å². The first kappa shape index (κ1) is 14.6. The average molecular weight is 322 g/mol. The van der Waals surface area contributed by atoms with E-state index in [1.165, 1.54) is 0 Å². The number of nitriles is 2. The van der Waals surface area contributed by atoms with E-state index < -0.39 is 5.56 Å². The highest BCUT2D eigenvalue weighted by Gasteiger charge is 2.20. The molecule has 0 aliphatic rings. The van der Waals surface area contributed by atoms with Gasteiger partial charge in [0.1, 0.15) is 29.1 Å². The molecule has 0 bridgehead atoms. The van der Waals surface area contributed by atoms with Crippen LogP contribution in [-0.2, 0) is 0 Å². The van der Waals surface area contributed by atoms with Gasteiger partial charge in [0.05, 0.1) is 5.52 Å². The molecule has 3 aromatic rings. The highest BCUT2D eigenvalue weighted by molar-refractivity contribution is 6.32. The lowest BCUT2D eigenvalue weighted by Crippen LogP contribution is -2.16. The van der Waals surface area contributed by atoms with Crippen molar-refractivity contribution in [1.29, 1.82) is 10.5 Å². The van der Waals surface area contributed by atoms with Crippen LogP contribution in [0.5, 0.6) is 0 Å². The Morgan fingerprint density at radius 3 is 2.65 bits per heavy atom. The second-order valence-electron chi connectivity index (χ2n) is 4.74. The number of nitrogens with two attached hydrogens (primary N) is 1. The van der Waals surface area contributed by atoms with Crippen molar-refractivity contribution in [3.05, 3.63) is 57.0 Å².